The minimum absolute atomic E-state index is 0.173. The quantitative estimate of drug-likeness (QED) is 0.394. The van der Waals surface area contributed by atoms with Crippen molar-refractivity contribution in [3.05, 3.63) is 105 Å². The van der Waals surface area contributed by atoms with Crippen LogP contribution in [-0.2, 0) is 6.61 Å². The highest BCUT2D eigenvalue weighted by atomic mass is 35.5. The summed E-state index contributed by atoms with van der Waals surface area (Å²) >= 11 is 12.4. The lowest BCUT2D eigenvalue weighted by Gasteiger charge is -2.22. The van der Waals surface area contributed by atoms with Gasteiger partial charge in [-0.2, -0.15) is 0 Å². The number of hydrogen-bond acceptors (Lipinski definition) is 4. The number of halogens is 2. The fourth-order valence-corrected chi connectivity index (χ4v) is 4.16. The van der Waals surface area contributed by atoms with Crippen LogP contribution in [0.3, 0.4) is 0 Å². The lowest BCUT2D eigenvalue weighted by molar-refractivity contribution is 0.101. The van der Waals surface area contributed by atoms with E-state index in [1.165, 1.54) is 0 Å². The molecule has 2 aliphatic rings. The van der Waals surface area contributed by atoms with E-state index in [4.69, 9.17) is 37.4 Å². The molecule has 3 aromatic rings. The van der Waals surface area contributed by atoms with E-state index >= 15 is 0 Å². The van der Waals surface area contributed by atoms with Gasteiger partial charge in [0.05, 0.1) is 5.56 Å². The average molecular weight is 465 g/mol. The first-order valence-electron chi connectivity index (χ1n) is 10.1. The van der Waals surface area contributed by atoms with E-state index in [-0.39, 0.29) is 24.3 Å². The molecule has 0 unspecified atom stereocenters. The van der Waals surface area contributed by atoms with E-state index in [1.54, 1.807) is 42.5 Å². The Morgan fingerprint density at radius 2 is 1.78 bits per heavy atom. The van der Waals surface area contributed by atoms with Crippen molar-refractivity contribution in [1.29, 1.82) is 0 Å². The van der Waals surface area contributed by atoms with Gasteiger partial charge in [0.2, 0.25) is 5.78 Å². The van der Waals surface area contributed by atoms with Crippen molar-refractivity contribution in [2.45, 2.75) is 19.6 Å². The molecule has 3 aromatic carbocycles. The third kappa shape index (κ3) is 3.88. The fourth-order valence-electron chi connectivity index (χ4n) is 3.66. The van der Waals surface area contributed by atoms with Crippen molar-refractivity contribution in [1.82, 2.24) is 0 Å². The van der Waals surface area contributed by atoms with Crippen LogP contribution in [-0.4, -0.2) is 11.9 Å². The molecule has 2 heterocycles. The number of fused-ring (bicyclic) bond motifs is 2. The predicted molar refractivity (Wildman–Crippen MR) is 125 cm³/mol. The highest BCUT2D eigenvalue weighted by Gasteiger charge is 2.29. The Balaban J connectivity index is 1.37. The predicted octanol–water partition coefficient (Wildman–Crippen LogP) is 6.90. The summed E-state index contributed by atoms with van der Waals surface area (Å²) in [5, 5.41) is 1.07. The SMILES string of the molecule is C[C@@H]1Oc2ccccc2C=C1/C=C1\Oc2cc(OCc3c(Cl)cccc3Cl)ccc2C1=O. The van der Waals surface area contributed by atoms with Crippen molar-refractivity contribution in [3.63, 3.8) is 0 Å². The zero-order valence-corrected chi connectivity index (χ0v) is 18.6. The Kier molecular flexibility index (Phi) is 5.41. The van der Waals surface area contributed by atoms with E-state index in [0.717, 1.165) is 16.9 Å². The highest BCUT2D eigenvalue weighted by molar-refractivity contribution is 6.35. The number of hydrogen-bond donors (Lipinski definition) is 0. The van der Waals surface area contributed by atoms with Gasteiger partial charge in [-0.3, -0.25) is 4.79 Å². The number of allylic oxidation sites excluding steroid dienone is 1. The van der Waals surface area contributed by atoms with Crippen LogP contribution in [0.25, 0.3) is 6.08 Å². The normalized spacial score (nSPS) is 17.8. The first kappa shape index (κ1) is 20.7. The van der Waals surface area contributed by atoms with Crippen LogP contribution in [0.2, 0.25) is 10.0 Å². The summed E-state index contributed by atoms with van der Waals surface area (Å²) in [6.45, 7) is 2.15. The molecule has 5 rings (SSSR count). The van der Waals surface area contributed by atoms with E-state index < -0.39 is 0 Å². The zero-order valence-electron chi connectivity index (χ0n) is 17.1. The molecule has 4 nitrogen and oxygen atoms in total. The van der Waals surface area contributed by atoms with Gasteiger partial charge in [0, 0.05) is 27.2 Å². The van der Waals surface area contributed by atoms with Gasteiger partial charge in [-0.1, -0.05) is 47.5 Å². The Morgan fingerprint density at radius 1 is 1.00 bits per heavy atom. The summed E-state index contributed by atoms with van der Waals surface area (Å²) in [5.41, 5.74) is 3.02. The number of benzene rings is 3. The van der Waals surface area contributed by atoms with Gasteiger partial charge in [-0.15, -0.1) is 0 Å². The molecule has 0 N–H and O–H groups in total. The molecule has 160 valence electrons. The van der Waals surface area contributed by atoms with Crippen LogP contribution in [0, 0.1) is 0 Å². The molecule has 0 fully saturated rings. The summed E-state index contributed by atoms with van der Waals surface area (Å²) in [4.78, 5) is 12.9. The maximum atomic E-state index is 12.9. The fraction of sp³-hybridized carbons (Fsp3) is 0.115. The molecular weight excluding hydrogens is 447 g/mol. The molecule has 0 aromatic heterocycles. The average Bonchev–Trinajstić information content (AvgIpc) is 3.08. The lowest BCUT2D eigenvalue weighted by atomic mass is 10.0. The summed E-state index contributed by atoms with van der Waals surface area (Å²) < 4.78 is 17.7. The monoisotopic (exact) mass is 464 g/mol. The van der Waals surface area contributed by atoms with Crippen LogP contribution >= 0.6 is 23.2 Å². The van der Waals surface area contributed by atoms with E-state index in [1.807, 2.05) is 37.3 Å². The third-order valence-electron chi connectivity index (χ3n) is 5.40. The largest absolute Gasteiger partial charge is 0.489 e. The summed E-state index contributed by atoms with van der Waals surface area (Å²) in [5.74, 6) is 1.91. The standard InChI is InChI=1S/C26H18Cl2O4/c1-15-17(11-16-5-2-3-8-23(16)31-15)12-25-26(29)19-10-9-18(13-24(19)32-25)30-14-20-21(27)6-4-7-22(20)28/h2-13,15H,14H2,1H3/b25-12-/t15-/m0/s1. The molecule has 0 spiro atoms. The lowest BCUT2D eigenvalue weighted by Crippen LogP contribution is -2.18. The first-order valence-corrected chi connectivity index (χ1v) is 10.9. The summed E-state index contributed by atoms with van der Waals surface area (Å²) in [6.07, 6.45) is 3.56. The Hall–Kier alpha value is -3.21. The zero-order chi connectivity index (χ0) is 22.2. The second-order valence-corrected chi connectivity index (χ2v) is 8.34. The molecule has 0 saturated carbocycles. The van der Waals surface area contributed by atoms with Gasteiger partial charge in [-0.05, 0) is 55.0 Å². The Morgan fingerprint density at radius 3 is 2.59 bits per heavy atom. The number of Topliss-reactive ketones (excluding diaryl/α,β-unsaturated/α-hetero) is 1. The van der Waals surface area contributed by atoms with Crippen LogP contribution in [0.15, 0.2) is 78.1 Å². The number of ketones is 1. The number of rotatable bonds is 4. The summed E-state index contributed by atoms with van der Waals surface area (Å²) in [7, 11) is 0. The Bertz CT molecular complexity index is 1270. The molecule has 32 heavy (non-hydrogen) atoms. The molecule has 0 saturated heterocycles. The molecule has 1 atom stereocenters. The number of carbonyl (C=O) groups excluding carboxylic acids is 1. The molecule has 2 aliphatic heterocycles. The molecular formula is C26H18Cl2O4. The van der Waals surface area contributed by atoms with Gasteiger partial charge < -0.3 is 14.2 Å². The maximum Gasteiger partial charge on any atom is 0.231 e. The Labute approximate surface area is 195 Å². The van der Waals surface area contributed by atoms with Crippen molar-refractivity contribution in [2.75, 3.05) is 0 Å². The van der Waals surface area contributed by atoms with Crippen LogP contribution < -0.4 is 14.2 Å². The summed E-state index contributed by atoms with van der Waals surface area (Å²) in [6, 6.07) is 18.2. The van der Waals surface area contributed by atoms with Crippen LogP contribution in [0.5, 0.6) is 17.2 Å². The molecule has 0 bridgehead atoms. The van der Waals surface area contributed by atoms with Gasteiger partial charge in [0.25, 0.3) is 0 Å². The minimum Gasteiger partial charge on any atom is -0.489 e. The highest BCUT2D eigenvalue weighted by Crippen LogP contribution is 2.37. The van der Waals surface area contributed by atoms with Gasteiger partial charge in [-0.25, -0.2) is 0 Å². The van der Waals surface area contributed by atoms with Crippen molar-refractivity contribution >= 4 is 35.1 Å². The van der Waals surface area contributed by atoms with Crippen LogP contribution in [0.1, 0.15) is 28.4 Å². The topological polar surface area (TPSA) is 44.8 Å². The molecule has 0 radical (unpaired) electrons. The number of para-hydroxylation sites is 1. The number of carbonyl (C=O) groups is 1. The molecule has 6 heteroatoms. The van der Waals surface area contributed by atoms with E-state index in [9.17, 15) is 4.79 Å². The van der Waals surface area contributed by atoms with Gasteiger partial charge in [0.15, 0.2) is 5.76 Å². The second-order valence-electron chi connectivity index (χ2n) is 7.53. The smallest absolute Gasteiger partial charge is 0.231 e. The second kappa shape index (κ2) is 8.38. The van der Waals surface area contributed by atoms with Gasteiger partial charge >= 0.3 is 0 Å². The van der Waals surface area contributed by atoms with Gasteiger partial charge in [0.1, 0.15) is 30.0 Å². The first-order chi connectivity index (χ1) is 15.5. The van der Waals surface area contributed by atoms with Crippen molar-refractivity contribution < 1.29 is 19.0 Å². The molecule has 0 amide bonds. The third-order valence-corrected chi connectivity index (χ3v) is 6.11. The maximum absolute atomic E-state index is 12.9. The van der Waals surface area contributed by atoms with Crippen molar-refractivity contribution in [3.8, 4) is 17.2 Å². The molecule has 0 aliphatic carbocycles. The minimum atomic E-state index is -0.197. The number of ether oxygens (including phenoxy) is 3. The van der Waals surface area contributed by atoms with Crippen molar-refractivity contribution in [2.24, 2.45) is 0 Å². The van der Waals surface area contributed by atoms with E-state index in [2.05, 4.69) is 0 Å². The van der Waals surface area contributed by atoms with Crippen LogP contribution in [0.4, 0.5) is 0 Å². The van der Waals surface area contributed by atoms with E-state index in [0.29, 0.717) is 32.7 Å².